The molecule has 0 aliphatic rings. The van der Waals surface area contributed by atoms with Crippen molar-refractivity contribution in [2.75, 3.05) is 13.2 Å². The van der Waals surface area contributed by atoms with Crippen LogP contribution in [0.3, 0.4) is 0 Å². The SMILES string of the molecule is Oc1cccc2c(OCCCCOc3cccc4c(O)cccc34)cccc12. The molecule has 0 fully saturated rings. The first kappa shape index (κ1) is 18.0. The van der Waals surface area contributed by atoms with Crippen LogP contribution in [0, 0.1) is 0 Å². The second-order valence-corrected chi connectivity index (χ2v) is 6.66. The molecule has 0 amide bonds. The topological polar surface area (TPSA) is 58.9 Å². The van der Waals surface area contributed by atoms with Crippen molar-refractivity contribution in [3.8, 4) is 23.0 Å². The molecule has 28 heavy (non-hydrogen) atoms. The van der Waals surface area contributed by atoms with Crippen LogP contribution in [0.4, 0.5) is 0 Å². The van der Waals surface area contributed by atoms with E-state index < -0.39 is 0 Å². The van der Waals surface area contributed by atoms with Crippen LogP contribution in [0.5, 0.6) is 23.0 Å². The molecule has 4 aromatic carbocycles. The third kappa shape index (κ3) is 3.67. The van der Waals surface area contributed by atoms with Crippen LogP contribution in [0.1, 0.15) is 12.8 Å². The Hall–Kier alpha value is -3.40. The maximum absolute atomic E-state index is 9.95. The summed E-state index contributed by atoms with van der Waals surface area (Å²) in [7, 11) is 0. The molecule has 0 atom stereocenters. The Bertz CT molecular complexity index is 1010. The Labute approximate surface area is 163 Å². The molecular formula is C24H22O4. The summed E-state index contributed by atoms with van der Waals surface area (Å²) in [6.45, 7) is 1.16. The molecule has 0 saturated heterocycles. The van der Waals surface area contributed by atoms with E-state index in [9.17, 15) is 10.2 Å². The number of aromatic hydroxyl groups is 2. The van der Waals surface area contributed by atoms with Gasteiger partial charge in [0.05, 0.1) is 13.2 Å². The Morgan fingerprint density at radius 2 is 0.893 bits per heavy atom. The molecule has 0 aliphatic carbocycles. The molecule has 0 aromatic heterocycles. The molecule has 0 heterocycles. The fraction of sp³-hybridized carbons (Fsp3) is 0.167. The Morgan fingerprint density at radius 3 is 1.36 bits per heavy atom. The molecule has 4 rings (SSSR count). The first-order valence-corrected chi connectivity index (χ1v) is 9.41. The van der Waals surface area contributed by atoms with Crippen LogP contribution in [0.2, 0.25) is 0 Å². The Kier molecular flexibility index (Phi) is 5.20. The number of phenolic OH excluding ortho intramolecular Hbond substituents is 2. The number of fused-ring (bicyclic) bond motifs is 2. The highest BCUT2D eigenvalue weighted by atomic mass is 16.5. The molecule has 0 spiro atoms. The van der Waals surface area contributed by atoms with Gasteiger partial charge in [0.15, 0.2) is 0 Å². The van der Waals surface area contributed by atoms with Crippen molar-refractivity contribution < 1.29 is 19.7 Å². The number of hydrogen-bond donors (Lipinski definition) is 2. The largest absolute Gasteiger partial charge is 0.507 e. The van der Waals surface area contributed by atoms with Crippen molar-refractivity contribution in [3.05, 3.63) is 72.8 Å². The zero-order valence-electron chi connectivity index (χ0n) is 15.5. The third-order valence-corrected chi connectivity index (χ3v) is 4.77. The van der Waals surface area contributed by atoms with Crippen molar-refractivity contribution in [3.63, 3.8) is 0 Å². The summed E-state index contributed by atoms with van der Waals surface area (Å²) in [5.74, 6) is 2.08. The molecule has 2 N–H and O–H groups in total. The first-order valence-electron chi connectivity index (χ1n) is 9.41. The lowest BCUT2D eigenvalue weighted by atomic mass is 10.1. The van der Waals surface area contributed by atoms with E-state index in [-0.39, 0.29) is 11.5 Å². The summed E-state index contributed by atoms with van der Waals surface area (Å²) in [4.78, 5) is 0. The van der Waals surface area contributed by atoms with Crippen LogP contribution < -0.4 is 9.47 Å². The van der Waals surface area contributed by atoms with E-state index >= 15 is 0 Å². The number of rotatable bonds is 7. The van der Waals surface area contributed by atoms with Gasteiger partial charge in [0.1, 0.15) is 23.0 Å². The van der Waals surface area contributed by atoms with Gasteiger partial charge in [0, 0.05) is 21.5 Å². The molecule has 0 radical (unpaired) electrons. The highest BCUT2D eigenvalue weighted by Crippen LogP contribution is 2.32. The van der Waals surface area contributed by atoms with Crippen molar-refractivity contribution >= 4 is 21.5 Å². The summed E-state index contributed by atoms with van der Waals surface area (Å²) in [5.41, 5.74) is 0. The predicted octanol–water partition coefficient (Wildman–Crippen LogP) is 5.64. The Balaban J connectivity index is 1.31. The molecule has 142 valence electrons. The summed E-state index contributed by atoms with van der Waals surface area (Å²) in [5, 5.41) is 23.3. The zero-order chi connectivity index (χ0) is 19.3. The standard InChI is InChI=1S/C24H22O4/c25-21-11-3-9-19-17(21)7-5-13-23(19)27-15-1-2-16-28-24-14-6-8-18-20(24)10-4-12-22(18)26/h3-14,25-26H,1-2,15-16H2. The fourth-order valence-electron chi connectivity index (χ4n) is 3.35. The first-order chi connectivity index (χ1) is 13.7. The molecule has 4 heteroatoms. The third-order valence-electron chi connectivity index (χ3n) is 4.77. The quantitative estimate of drug-likeness (QED) is 0.411. The van der Waals surface area contributed by atoms with Gasteiger partial charge in [0.2, 0.25) is 0 Å². The lowest BCUT2D eigenvalue weighted by Crippen LogP contribution is -2.03. The van der Waals surface area contributed by atoms with Gasteiger partial charge >= 0.3 is 0 Å². The number of hydrogen-bond acceptors (Lipinski definition) is 4. The van der Waals surface area contributed by atoms with Crippen LogP contribution in [-0.4, -0.2) is 23.4 Å². The molecule has 0 aliphatic heterocycles. The van der Waals surface area contributed by atoms with E-state index in [1.165, 1.54) is 0 Å². The van der Waals surface area contributed by atoms with Crippen molar-refractivity contribution in [1.82, 2.24) is 0 Å². The second-order valence-electron chi connectivity index (χ2n) is 6.66. The van der Waals surface area contributed by atoms with E-state index in [4.69, 9.17) is 9.47 Å². The number of benzene rings is 4. The van der Waals surface area contributed by atoms with Crippen LogP contribution in [-0.2, 0) is 0 Å². The molecule has 0 bridgehead atoms. The highest BCUT2D eigenvalue weighted by molar-refractivity contribution is 5.93. The highest BCUT2D eigenvalue weighted by Gasteiger charge is 2.06. The predicted molar refractivity (Wildman–Crippen MR) is 111 cm³/mol. The monoisotopic (exact) mass is 374 g/mol. The Morgan fingerprint density at radius 1 is 0.500 bits per heavy atom. The maximum atomic E-state index is 9.95. The minimum absolute atomic E-state index is 0.262. The van der Waals surface area contributed by atoms with E-state index in [1.807, 2.05) is 60.7 Å². The number of unbranched alkanes of at least 4 members (excludes halogenated alkanes) is 1. The van der Waals surface area contributed by atoms with Gasteiger partial charge in [0.25, 0.3) is 0 Å². The molecule has 4 nitrogen and oxygen atoms in total. The summed E-state index contributed by atoms with van der Waals surface area (Å²) in [6.07, 6.45) is 1.70. The minimum atomic E-state index is 0.262. The minimum Gasteiger partial charge on any atom is -0.507 e. The van der Waals surface area contributed by atoms with Gasteiger partial charge in [-0.25, -0.2) is 0 Å². The smallest absolute Gasteiger partial charge is 0.127 e. The van der Waals surface area contributed by atoms with Gasteiger partial charge in [-0.1, -0.05) is 48.5 Å². The lowest BCUT2D eigenvalue weighted by molar-refractivity contribution is 0.269. The summed E-state index contributed by atoms with van der Waals surface area (Å²) < 4.78 is 11.8. The van der Waals surface area contributed by atoms with Gasteiger partial charge < -0.3 is 19.7 Å². The molecule has 0 saturated carbocycles. The van der Waals surface area contributed by atoms with Gasteiger partial charge in [-0.3, -0.25) is 0 Å². The van der Waals surface area contributed by atoms with E-state index in [2.05, 4.69) is 0 Å². The van der Waals surface area contributed by atoms with E-state index in [1.54, 1.807) is 12.1 Å². The van der Waals surface area contributed by atoms with Crippen molar-refractivity contribution in [2.24, 2.45) is 0 Å². The molecule has 0 unspecified atom stereocenters. The summed E-state index contributed by atoms with van der Waals surface area (Å²) in [6, 6.07) is 22.3. The fourth-order valence-corrected chi connectivity index (χ4v) is 3.35. The zero-order valence-corrected chi connectivity index (χ0v) is 15.5. The van der Waals surface area contributed by atoms with Crippen LogP contribution in [0.15, 0.2) is 72.8 Å². The molecular weight excluding hydrogens is 352 g/mol. The van der Waals surface area contributed by atoms with Gasteiger partial charge in [-0.15, -0.1) is 0 Å². The second kappa shape index (κ2) is 8.09. The van der Waals surface area contributed by atoms with Crippen LogP contribution in [0.25, 0.3) is 21.5 Å². The molecule has 4 aromatic rings. The van der Waals surface area contributed by atoms with E-state index in [0.29, 0.717) is 13.2 Å². The number of ether oxygens (including phenoxy) is 2. The van der Waals surface area contributed by atoms with Gasteiger partial charge in [-0.05, 0) is 37.1 Å². The number of phenols is 2. The van der Waals surface area contributed by atoms with Crippen molar-refractivity contribution in [1.29, 1.82) is 0 Å². The van der Waals surface area contributed by atoms with Crippen molar-refractivity contribution in [2.45, 2.75) is 12.8 Å². The average Bonchev–Trinajstić information content (AvgIpc) is 2.72. The maximum Gasteiger partial charge on any atom is 0.127 e. The normalized spacial score (nSPS) is 11.0. The lowest BCUT2D eigenvalue weighted by Gasteiger charge is -2.11. The average molecular weight is 374 g/mol. The van der Waals surface area contributed by atoms with Crippen LogP contribution >= 0.6 is 0 Å². The van der Waals surface area contributed by atoms with E-state index in [0.717, 1.165) is 45.9 Å². The summed E-state index contributed by atoms with van der Waals surface area (Å²) >= 11 is 0. The van der Waals surface area contributed by atoms with Gasteiger partial charge in [-0.2, -0.15) is 0 Å².